The minimum absolute atomic E-state index is 0.00840. The Morgan fingerprint density at radius 1 is 1.50 bits per heavy atom. The average molecular weight is 296 g/mol. The zero-order valence-corrected chi connectivity index (χ0v) is 12.1. The summed E-state index contributed by atoms with van der Waals surface area (Å²) in [6.45, 7) is -0.00840. The number of esters is 1. The molecule has 0 spiro atoms. The molecule has 5 heteroatoms. The van der Waals surface area contributed by atoms with Gasteiger partial charge in [-0.15, -0.1) is 0 Å². The number of methoxy groups -OCH3 is 1. The molecule has 1 aromatic rings. The van der Waals surface area contributed by atoms with Gasteiger partial charge in [0, 0.05) is 23.5 Å². The Labute approximate surface area is 122 Å². The first-order valence-electron chi connectivity index (χ1n) is 6.20. The molecule has 0 bridgehead atoms. The van der Waals surface area contributed by atoms with Crippen LogP contribution >= 0.6 is 11.8 Å². The van der Waals surface area contributed by atoms with Crippen molar-refractivity contribution in [1.82, 2.24) is 0 Å². The maximum absolute atomic E-state index is 13.2. The van der Waals surface area contributed by atoms with Crippen molar-refractivity contribution in [3.63, 3.8) is 0 Å². The minimum atomic E-state index is -0.332. The summed E-state index contributed by atoms with van der Waals surface area (Å²) in [5.41, 5.74) is 1.55. The molecule has 108 valence electrons. The molecule has 0 aromatic heterocycles. The summed E-state index contributed by atoms with van der Waals surface area (Å²) in [7, 11) is 1.36. The summed E-state index contributed by atoms with van der Waals surface area (Å²) in [5, 5.41) is 8.69. The Bertz CT molecular complexity index is 506. The van der Waals surface area contributed by atoms with Gasteiger partial charge in [-0.2, -0.15) is 11.8 Å². The van der Waals surface area contributed by atoms with E-state index in [2.05, 4.69) is 16.6 Å². The van der Waals surface area contributed by atoms with Gasteiger partial charge in [0.1, 0.15) is 5.82 Å². The molecule has 20 heavy (non-hydrogen) atoms. The van der Waals surface area contributed by atoms with Crippen molar-refractivity contribution in [2.24, 2.45) is 0 Å². The SMILES string of the molecule is COC(=O)CCSCc1ccc(F)cc1C#CCCO. The van der Waals surface area contributed by atoms with E-state index in [1.54, 1.807) is 17.8 Å². The first-order valence-corrected chi connectivity index (χ1v) is 7.35. The minimum Gasteiger partial charge on any atom is -0.469 e. The molecule has 0 aliphatic carbocycles. The Kier molecular flexibility index (Phi) is 7.78. The molecule has 0 amide bonds. The van der Waals surface area contributed by atoms with Crippen molar-refractivity contribution in [2.75, 3.05) is 19.5 Å². The van der Waals surface area contributed by atoms with Crippen LogP contribution in [0.15, 0.2) is 18.2 Å². The van der Waals surface area contributed by atoms with Crippen molar-refractivity contribution in [1.29, 1.82) is 0 Å². The predicted octanol–water partition coefficient (Wildman–Crippen LogP) is 2.36. The molecule has 0 heterocycles. The van der Waals surface area contributed by atoms with Gasteiger partial charge < -0.3 is 9.84 Å². The van der Waals surface area contributed by atoms with Crippen LogP contribution in [-0.4, -0.2) is 30.5 Å². The molecule has 1 rings (SSSR count). The summed E-state index contributed by atoms with van der Waals surface area (Å²) in [6, 6.07) is 4.48. The maximum Gasteiger partial charge on any atom is 0.306 e. The summed E-state index contributed by atoms with van der Waals surface area (Å²) < 4.78 is 17.8. The fraction of sp³-hybridized carbons (Fsp3) is 0.400. The summed E-state index contributed by atoms with van der Waals surface area (Å²) >= 11 is 1.57. The molecular formula is C15H17FO3S. The maximum atomic E-state index is 13.2. The van der Waals surface area contributed by atoms with E-state index < -0.39 is 0 Å². The van der Waals surface area contributed by atoms with Gasteiger partial charge in [-0.1, -0.05) is 17.9 Å². The summed E-state index contributed by atoms with van der Waals surface area (Å²) in [4.78, 5) is 11.0. The third-order valence-corrected chi connectivity index (χ3v) is 3.48. The van der Waals surface area contributed by atoms with E-state index in [9.17, 15) is 9.18 Å². The van der Waals surface area contributed by atoms with Gasteiger partial charge in [0.15, 0.2) is 0 Å². The van der Waals surface area contributed by atoms with Gasteiger partial charge in [0.25, 0.3) is 0 Å². The van der Waals surface area contributed by atoms with Crippen LogP contribution in [0.2, 0.25) is 0 Å². The lowest BCUT2D eigenvalue weighted by Crippen LogP contribution is -2.01. The van der Waals surface area contributed by atoms with Crippen molar-refractivity contribution in [3.05, 3.63) is 35.1 Å². The topological polar surface area (TPSA) is 46.5 Å². The molecule has 0 fully saturated rings. The van der Waals surface area contributed by atoms with E-state index in [0.717, 1.165) is 5.56 Å². The van der Waals surface area contributed by atoms with Crippen LogP contribution < -0.4 is 0 Å². The van der Waals surface area contributed by atoms with Gasteiger partial charge in [-0.25, -0.2) is 4.39 Å². The number of carbonyl (C=O) groups is 1. The number of hydrogen-bond donors (Lipinski definition) is 1. The molecule has 0 saturated carbocycles. The van der Waals surface area contributed by atoms with Crippen LogP contribution in [0.3, 0.4) is 0 Å². The van der Waals surface area contributed by atoms with Crippen molar-refractivity contribution < 1.29 is 19.0 Å². The predicted molar refractivity (Wildman–Crippen MR) is 77.8 cm³/mol. The van der Waals surface area contributed by atoms with E-state index in [1.807, 2.05) is 0 Å². The van der Waals surface area contributed by atoms with E-state index in [4.69, 9.17) is 5.11 Å². The highest BCUT2D eigenvalue weighted by molar-refractivity contribution is 7.98. The highest BCUT2D eigenvalue weighted by Crippen LogP contribution is 2.18. The lowest BCUT2D eigenvalue weighted by Gasteiger charge is -2.05. The zero-order valence-electron chi connectivity index (χ0n) is 11.3. The molecule has 0 atom stereocenters. The summed E-state index contributed by atoms with van der Waals surface area (Å²) in [6.07, 6.45) is 0.722. The molecule has 1 aromatic carbocycles. The molecule has 0 unspecified atom stereocenters. The molecule has 0 aliphatic heterocycles. The van der Waals surface area contributed by atoms with E-state index >= 15 is 0 Å². The monoisotopic (exact) mass is 296 g/mol. The number of halogens is 1. The van der Waals surface area contributed by atoms with Gasteiger partial charge in [0.2, 0.25) is 0 Å². The van der Waals surface area contributed by atoms with Crippen LogP contribution in [0.4, 0.5) is 4.39 Å². The number of hydrogen-bond acceptors (Lipinski definition) is 4. The number of ether oxygens (including phenoxy) is 1. The number of rotatable bonds is 6. The fourth-order valence-electron chi connectivity index (χ4n) is 1.44. The van der Waals surface area contributed by atoms with E-state index in [1.165, 1.54) is 19.2 Å². The van der Waals surface area contributed by atoms with Gasteiger partial charge in [0.05, 0.1) is 20.1 Å². The second-order valence-corrected chi connectivity index (χ2v) is 5.06. The van der Waals surface area contributed by atoms with Crippen LogP contribution in [-0.2, 0) is 15.3 Å². The molecule has 0 aliphatic rings. The van der Waals surface area contributed by atoms with Crippen molar-refractivity contribution >= 4 is 17.7 Å². The molecule has 0 saturated heterocycles. The first kappa shape index (κ1) is 16.5. The lowest BCUT2D eigenvalue weighted by molar-refractivity contribution is -0.140. The lowest BCUT2D eigenvalue weighted by atomic mass is 10.1. The standard InChI is InChI=1S/C15H17FO3S/c1-19-15(18)7-9-20-11-13-5-6-14(16)10-12(13)4-2-3-8-17/h5-6,10,17H,3,7-9,11H2,1H3. The Morgan fingerprint density at radius 3 is 3.00 bits per heavy atom. The van der Waals surface area contributed by atoms with Gasteiger partial charge in [-0.3, -0.25) is 4.79 Å². The molecular weight excluding hydrogens is 279 g/mol. The number of benzene rings is 1. The van der Waals surface area contributed by atoms with Crippen LogP contribution in [0.5, 0.6) is 0 Å². The number of aliphatic hydroxyl groups excluding tert-OH is 1. The highest BCUT2D eigenvalue weighted by atomic mass is 32.2. The Balaban J connectivity index is 2.60. The van der Waals surface area contributed by atoms with Crippen LogP contribution in [0.25, 0.3) is 0 Å². The normalized spacial score (nSPS) is 9.75. The van der Waals surface area contributed by atoms with Crippen molar-refractivity contribution in [3.8, 4) is 11.8 Å². The Hall–Kier alpha value is -1.51. The summed E-state index contributed by atoms with van der Waals surface area (Å²) in [5.74, 6) is 6.38. The van der Waals surface area contributed by atoms with Crippen molar-refractivity contribution in [2.45, 2.75) is 18.6 Å². The van der Waals surface area contributed by atoms with Crippen LogP contribution in [0.1, 0.15) is 24.0 Å². The molecule has 0 radical (unpaired) electrons. The van der Waals surface area contributed by atoms with Gasteiger partial charge in [-0.05, 0) is 17.7 Å². The smallest absolute Gasteiger partial charge is 0.306 e. The number of aliphatic hydroxyl groups is 1. The zero-order chi connectivity index (χ0) is 14.8. The largest absolute Gasteiger partial charge is 0.469 e. The molecule has 3 nitrogen and oxygen atoms in total. The van der Waals surface area contributed by atoms with Gasteiger partial charge >= 0.3 is 5.97 Å². The van der Waals surface area contributed by atoms with Crippen LogP contribution in [0, 0.1) is 17.7 Å². The third kappa shape index (κ3) is 6.09. The van der Waals surface area contributed by atoms with E-state index in [-0.39, 0.29) is 18.4 Å². The van der Waals surface area contributed by atoms with E-state index in [0.29, 0.717) is 29.9 Å². The fourth-order valence-corrected chi connectivity index (χ4v) is 2.37. The highest BCUT2D eigenvalue weighted by Gasteiger charge is 2.04. The number of thioether (sulfide) groups is 1. The number of carbonyl (C=O) groups excluding carboxylic acids is 1. The third-order valence-electron chi connectivity index (χ3n) is 2.47. The first-order chi connectivity index (χ1) is 9.67. The average Bonchev–Trinajstić information content (AvgIpc) is 2.45. The quantitative estimate of drug-likeness (QED) is 0.497. The second kappa shape index (κ2) is 9.40. The Morgan fingerprint density at radius 2 is 2.30 bits per heavy atom. The second-order valence-electron chi connectivity index (χ2n) is 3.96. The molecule has 1 N–H and O–H groups in total.